The van der Waals surface area contributed by atoms with Gasteiger partial charge in [0.15, 0.2) is 0 Å². The van der Waals surface area contributed by atoms with Gasteiger partial charge in [0, 0.05) is 22.7 Å². The van der Waals surface area contributed by atoms with Gasteiger partial charge >= 0.3 is 0 Å². The zero-order chi connectivity index (χ0) is 19.8. The maximum absolute atomic E-state index is 12.6. The lowest BCUT2D eigenvalue weighted by Gasteiger charge is -2.13. The van der Waals surface area contributed by atoms with E-state index in [0.717, 1.165) is 22.9 Å². The monoisotopic (exact) mass is 378 g/mol. The van der Waals surface area contributed by atoms with Crippen LogP contribution in [0.5, 0.6) is 0 Å². The van der Waals surface area contributed by atoms with E-state index in [0.29, 0.717) is 11.5 Å². The summed E-state index contributed by atoms with van der Waals surface area (Å²) >= 11 is 0. The molecule has 0 aromatic heterocycles. The third-order valence-corrected chi connectivity index (χ3v) is 5.90. The molecule has 4 aromatic rings. The average molecular weight is 378 g/mol. The van der Waals surface area contributed by atoms with Gasteiger partial charge in [0.2, 0.25) is 0 Å². The Bertz CT molecular complexity index is 1180. The number of amides is 1. The van der Waals surface area contributed by atoms with Crippen molar-refractivity contribution in [1.29, 1.82) is 0 Å². The van der Waals surface area contributed by atoms with Crippen LogP contribution in [-0.2, 0) is 5.54 Å². The number of fused-ring (bicyclic) bond motifs is 1. The molecule has 29 heavy (non-hydrogen) atoms. The lowest BCUT2D eigenvalue weighted by molar-refractivity contribution is 0.102. The summed E-state index contributed by atoms with van der Waals surface area (Å²) in [6, 6.07) is 32.1. The summed E-state index contributed by atoms with van der Waals surface area (Å²) in [6.45, 7) is 0. The van der Waals surface area contributed by atoms with E-state index in [9.17, 15) is 4.79 Å². The van der Waals surface area contributed by atoms with E-state index in [4.69, 9.17) is 5.73 Å². The van der Waals surface area contributed by atoms with Gasteiger partial charge in [0.25, 0.3) is 5.91 Å². The number of hydrogen-bond acceptors (Lipinski definition) is 2. The summed E-state index contributed by atoms with van der Waals surface area (Å²) in [5.74, 6) is 0.211. The van der Waals surface area contributed by atoms with Gasteiger partial charge in [-0.25, -0.2) is 0 Å². The quantitative estimate of drug-likeness (QED) is 0.497. The number of carbonyl (C=O) groups is 1. The number of nitrogens with two attached hydrogens (primary N) is 1. The molecule has 142 valence electrons. The van der Waals surface area contributed by atoms with E-state index in [1.54, 1.807) is 0 Å². The van der Waals surface area contributed by atoms with Crippen LogP contribution in [0.4, 0.5) is 5.69 Å². The Morgan fingerprint density at radius 3 is 2.28 bits per heavy atom. The summed E-state index contributed by atoms with van der Waals surface area (Å²) < 4.78 is 0. The molecule has 1 aliphatic carbocycles. The largest absolute Gasteiger partial charge is 0.322 e. The van der Waals surface area contributed by atoms with E-state index in [2.05, 4.69) is 29.6 Å². The van der Waals surface area contributed by atoms with Crippen molar-refractivity contribution in [1.82, 2.24) is 0 Å². The molecule has 5 rings (SSSR count). The van der Waals surface area contributed by atoms with Crippen molar-refractivity contribution in [2.24, 2.45) is 5.73 Å². The van der Waals surface area contributed by atoms with Gasteiger partial charge in [-0.3, -0.25) is 4.79 Å². The van der Waals surface area contributed by atoms with Crippen LogP contribution in [-0.4, -0.2) is 5.91 Å². The summed E-state index contributed by atoms with van der Waals surface area (Å²) in [4.78, 5) is 12.6. The molecule has 0 radical (unpaired) electrons. The number of carbonyl (C=O) groups excluding carboxylic acids is 1. The van der Waals surface area contributed by atoms with Crippen LogP contribution in [0.15, 0.2) is 97.1 Å². The Kier molecular flexibility index (Phi) is 4.18. The zero-order valence-electron chi connectivity index (χ0n) is 16.0. The molecule has 3 N–H and O–H groups in total. The van der Waals surface area contributed by atoms with Gasteiger partial charge in [0.05, 0.1) is 0 Å². The van der Waals surface area contributed by atoms with Crippen LogP contribution in [0.25, 0.3) is 10.8 Å². The first-order valence-electron chi connectivity index (χ1n) is 9.88. The van der Waals surface area contributed by atoms with E-state index in [1.807, 2.05) is 72.8 Å². The third-order valence-electron chi connectivity index (χ3n) is 5.90. The topological polar surface area (TPSA) is 55.1 Å². The summed E-state index contributed by atoms with van der Waals surface area (Å²) in [7, 11) is 0. The molecule has 3 nitrogen and oxygen atoms in total. The first-order valence-corrected chi connectivity index (χ1v) is 9.88. The van der Waals surface area contributed by atoms with Gasteiger partial charge in [-0.05, 0) is 52.6 Å². The van der Waals surface area contributed by atoms with Crippen molar-refractivity contribution in [3.8, 4) is 0 Å². The molecule has 1 saturated carbocycles. The summed E-state index contributed by atoms with van der Waals surface area (Å²) in [6.07, 6.45) is 0.944. The van der Waals surface area contributed by atoms with Gasteiger partial charge in [0.1, 0.15) is 0 Å². The predicted molar refractivity (Wildman–Crippen MR) is 118 cm³/mol. The van der Waals surface area contributed by atoms with Crippen LogP contribution in [0.3, 0.4) is 0 Å². The first-order chi connectivity index (χ1) is 14.1. The van der Waals surface area contributed by atoms with Crippen molar-refractivity contribution in [2.45, 2.75) is 17.9 Å². The molecule has 1 amide bonds. The molecule has 0 saturated heterocycles. The van der Waals surface area contributed by atoms with E-state index >= 15 is 0 Å². The van der Waals surface area contributed by atoms with Crippen molar-refractivity contribution < 1.29 is 4.79 Å². The Balaban J connectivity index is 1.30. The minimum absolute atomic E-state index is 0.104. The number of benzene rings is 4. The van der Waals surface area contributed by atoms with Crippen LogP contribution >= 0.6 is 0 Å². The molecular weight excluding hydrogens is 356 g/mol. The average Bonchev–Trinajstić information content (AvgIpc) is 3.47. The second-order valence-electron chi connectivity index (χ2n) is 7.80. The van der Waals surface area contributed by atoms with Crippen molar-refractivity contribution >= 4 is 22.4 Å². The van der Waals surface area contributed by atoms with E-state index < -0.39 is 0 Å². The zero-order valence-corrected chi connectivity index (χ0v) is 16.0. The molecule has 2 unspecified atom stereocenters. The van der Waals surface area contributed by atoms with Crippen molar-refractivity contribution in [2.75, 3.05) is 5.32 Å². The summed E-state index contributed by atoms with van der Waals surface area (Å²) in [5.41, 5.74) is 10.2. The molecule has 1 fully saturated rings. The highest BCUT2D eigenvalue weighted by Gasteiger charge is 2.52. The van der Waals surface area contributed by atoms with Crippen molar-refractivity contribution in [3.05, 3.63) is 114 Å². The smallest absolute Gasteiger partial charge is 0.255 e. The van der Waals surface area contributed by atoms with Crippen LogP contribution in [0, 0.1) is 0 Å². The fourth-order valence-corrected chi connectivity index (χ4v) is 4.09. The van der Waals surface area contributed by atoms with Gasteiger partial charge in [-0.15, -0.1) is 0 Å². The standard InChI is InChI=1S/C26H22N2O/c27-26(22-8-2-1-3-9-22)17-24(26)19-12-14-23(15-13-19)28-25(29)21-11-10-18-6-4-5-7-20(18)16-21/h1-16,24H,17,27H2,(H,28,29). The second-order valence-corrected chi connectivity index (χ2v) is 7.80. The fourth-order valence-electron chi connectivity index (χ4n) is 4.09. The maximum Gasteiger partial charge on any atom is 0.255 e. The van der Waals surface area contributed by atoms with Crippen LogP contribution in [0.1, 0.15) is 33.8 Å². The molecule has 0 bridgehead atoms. The van der Waals surface area contributed by atoms with Gasteiger partial charge < -0.3 is 11.1 Å². The highest BCUT2D eigenvalue weighted by atomic mass is 16.1. The Hall–Kier alpha value is -3.43. The molecule has 2 atom stereocenters. The van der Waals surface area contributed by atoms with Crippen LogP contribution < -0.4 is 11.1 Å². The lowest BCUT2D eigenvalue weighted by Crippen LogP contribution is -2.21. The number of hydrogen-bond donors (Lipinski definition) is 2. The molecular formula is C26H22N2O. The third kappa shape index (κ3) is 3.30. The maximum atomic E-state index is 12.6. The predicted octanol–water partition coefficient (Wildman–Crippen LogP) is 5.43. The van der Waals surface area contributed by atoms with Gasteiger partial charge in [-0.1, -0.05) is 72.8 Å². The molecule has 1 aliphatic rings. The van der Waals surface area contributed by atoms with E-state index in [-0.39, 0.29) is 11.4 Å². The molecule has 0 aliphatic heterocycles. The Labute approximate surface area is 170 Å². The molecule has 3 heteroatoms. The number of nitrogens with one attached hydrogen (secondary N) is 1. The molecule has 0 spiro atoms. The minimum atomic E-state index is -0.281. The fraction of sp³-hybridized carbons (Fsp3) is 0.115. The minimum Gasteiger partial charge on any atom is -0.322 e. The number of anilines is 1. The lowest BCUT2D eigenvalue weighted by atomic mass is 9.99. The highest BCUT2D eigenvalue weighted by molar-refractivity contribution is 6.06. The Morgan fingerprint density at radius 1 is 0.828 bits per heavy atom. The van der Waals surface area contributed by atoms with Crippen molar-refractivity contribution in [3.63, 3.8) is 0 Å². The molecule has 4 aromatic carbocycles. The molecule has 0 heterocycles. The summed E-state index contributed by atoms with van der Waals surface area (Å²) in [5, 5.41) is 5.18. The van der Waals surface area contributed by atoms with Crippen LogP contribution in [0.2, 0.25) is 0 Å². The first kappa shape index (κ1) is 17.7. The SMILES string of the molecule is NC1(c2ccccc2)CC1c1ccc(NC(=O)c2ccc3ccccc3c2)cc1. The highest BCUT2D eigenvalue weighted by Crippen LogP contribution is 2.56. The number of rotatable bonds is 4. The normalized spacial score (nSPS) is 20.4. The Morgan fingerprint density at radius 2 is 1.52 bits per heavy atom. The van der Waals surface area contributed by atoms with E-state index in [1.165, 1.54) is 11.1 Å². The van der Waals surface area contributed by atoms with Gasteiger partial charge in [-0.2, -0.15) is 0 Å². The second kappa shape index (κ2) is 6.87.